The molecule has 0 aliphatic heterocycles. The van der Waals surface area contributed by atoms with E-state index in [1.54, 1.807) is 12.1 Å². The first kappa shape index (κ1) is 14.6. The summed E-state index contributed by atoms with van der Waals surface area (Å²) in [6.07, 6.45) is 1.49. The first-order valence-corrected chi connectivity index (χ1v) is 6.47. The van der Waals surface area contributed by atoms with Crippen molar-refractivity contribution in [3.63, 3.8) is 0 Å². The highest BCUT2D eigenvalue weighted by Gasteiger charge is 2.07. The molecule has 0 saturated carbocycles. The maximum atomic E-state index is 11.7. The highest BCUT2D eigenvalue weighted by atomic mass is 79.9. The van der Waals surface area contributed by atoms with Gasteiger partial charge in [-0.05, 0) is 28.1 Å². The molecule has 0 spiro atoms. The summed E-state index contributed by atoms with van der Waals surface area (Å²) < 4.78 is 0.684. The summed E-state index contributed by atoms with van der Waals surface area (Å²) in [5.74, 6) is -0.264. The van der Waals surface area contributed by atoms with Crippen LogP contribution in [0, 0.1) is 5.92 Å². The van der Waals surface area contributed by atoms with E-state index in [1.807, 2.05) is 13.8 Å². The molecule has 1 aromatic rings. The fourth-order valence-corrected chi connectivity index (χ4v) is 1.41. The molecule has 5 nitrogen and oxygen atoms in total. The normalized spacial score (nSPS) is 10.2. The molecular weight excluding hydrogens is 298 g/mol. The van der Waals surface area contributed by atoms with E-state index in [4.69, 9.17) is 0 Å². The fraction of sp³-hybridized carbons (Fsp3) is 0.417. The van der Waals surface area contributed by atoms with Crippen LogP contribution in [0.2, 0.25) is 0 Å². The minimum absolute atomic E-state index is 0.0189. The molecule has 1 aromatic heterocycles. The molecule has 6 heteroatoms. The number of hydrogen-bond acceptors (Lipinski definition) is 3. The van der Waals surface area contributed by atoms with Crippen LogP contribution < -0.4 is 10.6 Å². The average molecular weight is 314 g/mol. The van der Waals surface area contributed by atoms with Crippen LogP contribution in [-0.2, 0) is 4.79 Å². The molecular formula is C12H16BrN3O2. The van der Waals surface area contributed by atoms with Gasteiger partial charge in [0.2, 0.25) is 5.91 Å². The van der Waals surface area contributed by atoms with Crippen molar-refractivity contribution in [2.24, 2.45) is 5.92 Å². The smallest absolute Gasteiger partial charge is 0.252 e. The first-order chi connectivity index (χ1) is 8.50. The van der Waals surface area contributed by atoms with Gasteiger partial charge >= 0.3 is 0 Å². The summed E-state index contributed by atoms with van der Waals surface area (Å²) in [5.41, 5.74) is 0.494. The van der Waals surface area contributed by atoms with Crippen molar-refractivity contribution in [1.29, 1.82) is 0 Å². The van der Waals surface area contributed by atoms with Crippen LogP contribution in [0.25, 0.3) is 0 Å². The highest BCUT2D eigenvalue weighted by Crippen LogP contribution is 2.05. The molecule has 0 radical (unpaired) electrons. The predicted molar refractivity (Wildman–Crippen MR) is 72.1 cm³/mol. The van der Waals surface area contributed by atoms with Crippen molar-refractivity contribution in [2.75, 3.05) is 13.1 Å². The van der Waals surface area contributed by atoms with Gasteiger partial charge in [0.25, 0.3) is 5.91 Å². The average Bonchev–Trinajstić information content (AvgIpc) is 2.34. The number of amides is 2. The highest BCUT2D eigenvalue weighted by molar-refractivity contribution is 9.10. The number of halogens is 1. The third-order valence-electron chi connectivity index (χ3n) is 2.22. The van der Waals surface area contributed by atoms with Crippen LogP contribution in [0.5, 0.6) is 0 Å². The maximum absolute atomic E-state index is 11.7. The van der Waals surface area contributed by atoms with Gasteiger partial charge in [0.15, 0.2) is 0 Å². The van der Waals surface area contributed by atoms with E-state index in [9.17, 15) is 9.59 Å². The lowest BCUT2D eigenvalue weighted by Gasteiger charge is -2.08. The van der Waals surface area contributed by atoms with Crippen molar-refractivity contribution >= 4 is 27.7 Å². The Morgan fingerprint density at radius 2 is 1.94 bits per heavy atom. The van der Waals surface area contributed by atoms with Crippen LogP contribution in [0.4, 0.5) is 0 Å². The van der Waals surface area contributed by atoms with E-state index >= 15 is 0 Å². The Balaban J connectivity index is 2.29. The summed E-state index contributed by atoms with van der Waals surface area (Å²) >= 11 is 3.20. The van der Waals surface area contributed by atoms with Crippen LogP contribution in [0.1, 0.15) is 24.2 Å². The first-order valence-electron chi connectivity index (χ1n) is 5.68. The van der Waals surface area contributed by atoms with Crippen molar-refractivity contribution in [3.05, 3.63) is 28.5 Å². The van der Waals surface area contributed by atoms with E-state index < -0.39 is 0 Å². The standard InChI is InChI=1S/C12H16BrN3O2/c1-8(2)11(17)14-5-6-15-12(18)9-3-4-10(13)16-7-9/h3-4,7-8H,5-6H2,1-2H3,(H,14,17)(H,15,18). The number of pyridine rings is 1. The molecule has 1 rings (SSSR count). The van der Waals surface area contributed by atoms with Gasteiger partial charge in [-0.2, -0.15) is 0 Å². The van der Waals surface area contributed by atoms with Crippen molar-refractivity contribution in [1.82, 2.24) is 15.6 Å². The zero-order chi connectivity index (χ0) is 13.5. The largest absolute Gasteiger partial charge is 0.354 e. The topological polar surface area (TPSA) is 71.1 Å². The van der Waals surface area contributed by atoms with Gasteiger partial charge in [0.05, 0.1) is 5.56 Å². The van der Waals surface area contributed by atoms with Crippen LogP contribution >= 0.6 is 15.9 Å². The molecule has 18 heavy (non-hydrogen) atoms. The molecule has 0 aromatic carbocycles. The molecule has 0 aliphatic rings. The maximum Gasteiger partial charge on any atom is 0.252 e. The number of nitrogens with one attached hydrogen (secondary N) is 2. The minimum Gasteiger partial charge on any atom is -0.354 e. The molecule has 0 aliphatic carbocycles. The van der Waals surface area contributed by atoms with Crippen LogP contribution in [0.3, 0.4) is 0 Å². The molecule has 0 saturated heterocycles. The lowest BCUT2D eigenvalue weighted by Crippen LogP contribution is -2.36. The van der Waals surface area contributed by atoms with E-state index in [2.05, 4.69) is 31.5 Å². The Morgan fingerprint density at radius 3 is 2.50 bits per heavy atom. The Morgan fingerprint density at radius 1 is 1.28 bits per heavy atom. The predicted octanol–water partition coefficient (Wildman–Crippen LogP) is 1.35. The van der Waals surface area contributed by atoms with Crippen LogP contribution in [-0.4, -0.2) is 29.9 Å². The second-order valence-electron chi connectivity index (χ2n) is 4.07. The number of hydrogen-bond donors (Lipinski definition) is 2. The zero-order valence-electron chi connectivity index (χ0n) is 10.4. The second-order valence-corrected chi connectivity index (χ2v) is 4.88. The zero-order valence-corrected chi connectivity index (χ0v) is 12.0. The quantitative estimate of drug-likeness (QED) is 0.636. The summed E-state index contributed by atoms with van der Waals surface area (Å²) in [6, 6.07) is 3.38. The van der Waals surface area contributed by atoms with Gasteiger partial charge in [-0.25, -0.2) is 4.98 Å². The minimum atomic E-state index is -0.200. The Labute approximate surface area is 114 Å². The van der Waals surface area contributed by atoms with E-state index in [0.717, 1.165) is 0 Å². The third-order valence-corrected chi connectivity index (χ3v) is 2.69. The summed E-state index contributed by atoms with van der Waals surface area (Å²) in [4.78, 5) is 26.9. The number of carbonyl (C=O) groups is 2. The molecule has 0 unspecified atom stereocenters. The molecule has 2 N–H and O–H groups in total. The Hall–Kier alpha value is -1.43. The van der Waals surface area contributed by atoms with Gasteiger partial charge in [0, 0.05) is 25.2 Å². The molecule has 0 fully saturated rings. The third kappa shape index (κ3) is 4.83. The summed E-state index contributed by atoms with van der Waals surface area (Å²) in [5, 5.41) is 5.42. The Kier molecular flexibility index (Phi) is 5.77. The Bertz CT molecular complexity index is 418. The van der Waals surface area contributed by atoms with Gasteiger partial charge in [-0.3, -0.25) is 9.59 Å². The molecule has 0 bridgehead atoms. The monoisotopic (exact) mass is 313 g/mol. The number of rotatable bonds is 5. The van der Waals surface area contributed by atoms with Crippen molar-refractivity contribution in [3.8, 4) is 0 Å². The molecule has 1 heterocycles. The number of nitrogens with zero attached hydrogens (tertiary/aromatic N) is 1. The summed E-state index contributed by atoms with van der Waals surface area (Å²) in [7, 11) is 0. The van der Waals surface area contributed by atoms with Gasteiger partial charge in [-0.1, -0.05) is 13.8 Å². The number of aromatic nitrogens is 1. The van der Waals surface area contributed by atoms with Crippen LogP contribution in [0.15, 0.2) is 22.9 Å². The van der Waals surface area contributed by atoms with E-state index in [0.29, 0.717) is 23.3 Å². The number of carbonyl (C=O) groups excluding carboxylic acids is 2. The van der Waals surface area contributed by atoms with Gasteiger partial charge < -0.3 is 10.6 Å². The SMILES string of the molecule is CC(C)C(=O)NCCNC(=O)c1ccc(Br)nc1. The molecule has 2 amide bonds. The summed E-state index contributed by atoms with van der Waals surface area (Å²) in [6.45, 7) is 4.46. The van der Waals surface area contributed by atoms with Gasteiger partial charge in [-0.15, -0.1) is 0 Å². The lowest BCUT2D eigenvalue weighted by atomic mass is 10.2. The molecule has 98 valence electrons. The van der Waals surface area contributed by atoms with Crippen molar-refractivity contribution < 1.29 is 9.59 Å². The van der Waals surface area contributed by atoms with Crippen molar-refractivity contribution in [2.45, 2.75) is 13.8 Å². The second kappa shape index (κ2) is 7.10. The van der Waals surface area contributed by atoms with E-state index in [1.165, 1.54) is 6.20 Å². The lowest BCUT2D eigenvalue weighted by molar-refractivity contribution is -0.123. The van der Waals surface area contributed by atoms with E-state index in [-0.39, 0.29) is 17.7 Å². The molecule has 0 atom stereocenters. The fourth-order valence-electron chi connectivity index (χ4n) is 1.18. The van der Waals surface area contributed by atoms with Gasteiger partial charge in [0.1, 0.15) is 4.60 Å².